The van der Waals surface area contributed by atoms with Crippen LogP contribution in [0.15, 0.2) is 22.7 Å². The SMILES string of the molecule is Nc1c(Br)cccc1NC1CCOC1. The van der Waals surface area contributed by atoms with Gasteiger partial charge in [0.15, 0.2) is 0 Å². The maximum atomic E-state index is 5.91. The molecule has 1 aliphatic rings. The minimum absolute atomic E-state index is 0.395. The van der Waals surface area contributed by atoms with Gasteiger partial charge < -0.3 is 15.8 Å². The Labute approximate surface area is 91.8 Å². The predicted octanol–water partition coefficient (Wildman–Crippen LogP) is 2.23. The topological polar surface area (TPSA) is 47.3 Å². The third-order valence-corrected chi connectivity index (χ3v) is 3.03. The molecule has 2 rings (SSSR count). The molecule has 3 nitrogen and oxygen atoms in total. The Kier molecular flexibility index (Phi) is 2.93. The average Bonchev–Trinajstić information content (AvgIpc) is 2.66. The summed E-state index contributed by atoms with van der Waals surface area (Å²) >= 11 is 3.40. The second-order valence-corrected chi connectivity index (χ2v) is 4.26. The van der Waals surface area contributed by atoms with E-state index < -0.39 is 0 Å². The molecule has 1 fully saturated rings. The number of nitrogen functional groups attached to an aromatic ring is 1. The van der Waals surface area contributed by atoms with Crippen molar-refractivity contribution in [3.63, 3.8) is 0 Å². The van der Waals surface area contributed by atoms with Gasteiger partial charge in [0.05, 0.1) is 24.0 Å². The summed E-state index contributed by atoms with van der Waals surface area (Å²) < 4.78 is 6.22. The second-order valence-electron chi connectivity index (χ2n) is 3.41. The highest BCUT2D eigenvalue weighted by molar-refractivity contribution is 9.10. The molecule has 1 atom stereocenters. The van der Waals surface area contributed by atoms with Crippen molar-refractivity contribution in [2.75, 3.05) is 24.3 Å². The number of hydrogen-bond donors (Lipinski definition) is 2. The fraction of sp³-hybridized carbons (Fsp3) is 0.400. The van der Waals surface area contributed by atoms with Crippen LogP contribution in [0.2, 0.25) is 0 Å². The highest BCUT2D eigenvalue weighted by atomic mass is 79.9. The van der Waals surface area contributed by atoms with E-state index in [1.54, 1.807) is 0 Å². The highest BCUT2D eigenvalue weighted by Gasteiger charge is 2.16. The Morgan fingerprint density at radius 1 is 1.50 bits per heavy atom. The van der Waals surface area contributed by atoms with Crippen molar-refractivity contribution in [2.45, 2.75) is 12.5 Å². The first-order valence-electron chi connectivity index (χ1n) is 4.65. The summed E-state index contributed by atoms with van der Waals surface area (Å²) in [6, 6.07) is 6.29. The molecule has 0 radical (unpaired) electrons. The van der Waals surface area contributed by atoms with Gasteiger partial charge in [-0.1, -0.05) is 6.07 Å². The standard InChI is InChI=1S/C10H13BrN2O/c11-8-2-1-3-9(10(8)12)13-7-4-5-14-6-7/h1-3,7,13H,4-6,12H2. The highest BCUT2D eigenvalue weighted by Crippen LogP contribution is 2.28. The van der Waals surface area contributed by atoms with Crippen molar-refractivity contribution in [3.8, 4) is 0 Å². The summed E-state index contributed by atoms with van der Waals surface area (Å²) in [5, 5.41) is 3.37. The summed E-state index contributed by atoms with van der Waals surface area (Å²) in [7, 11) is 0. The zero-order valence-electron chi connectivity index (χ0n) is 7.79. The van der Waals surface area contributed by atoms with Gasteiger partial charge in [0.2, 0.25) is 0 Å². The van der Waals surface area contributed by atoms with Crippen molar-refractivity contribution < 1.29 is 4.74 Å². The molecule has 76 valence electrons. The van der Waals surface area contributed by atoms with E-state index >= 15 is 0 Å². The fourth-order valence-electron chi connectivity index (χ4n) is 1.53. The number of hydrogen-bond acceptors (Lipinski definition) is 3. The first-order valence-corrected chi connectivity index (χ1v) is 5.45. The van der Waals surface area contributed by atoms with Gasteiger partial charge >= 0.3 is 0 Å². The molecular formula is C10H13BrN2O. The minimum Gasteiger partial charge on any atom is -0.396 e. The van der Waals surface area contributed by atoms with Crippen molar-refractivity contribution in [1.82, 2.24) is 0 Å². The van der Waals surface area contributed by atoms with Gasteiger partial charge in [-0.05, 0) is 34.5 Å². The van der Waals surface area contributed by atoms with E-state index in [1.807, 2.05) is 18.2 Å². The Hall–Kier alpha value is -0.740. The summed E-state index contributed by atoms with van der Waals surface area (Å²) in [6.07, 6.45) is 1.05. The minimum atomic E-state index is 0.395. The molecule has 1 heterocycles. The predicted molar refractivity (Wildman–Crippen MR) is 61.4 cm³/mol. The lowest BCUT2D eigenvalue weighted by atomic mass is 10.2. The summed E-state index contributed by atoms with van der Waals surface area (Å²) in [5.74, 6) is 0. The lowest BCUT2D eigenvalue weighted by Crippen LogP contribution is -2.19. The third kappa shape index (κ3) is 2.01. The zero-order valence-corrected chi connectivity index (χ0v) is 9.38. The second kappa shape index (κ2) is 4.19. The number of ether oxygens (including phenoxy) is 1. The van der Waals surface area contributed by atoms with Crippen LogP contribution >= 0.6 is 15.9 Å². The molecule has 4 heteroatoms. The van der Waals surface area contributed by atoms with E-state index in [0.29, 0.717) is 6.04 Å². The van der Waals surface area contributed by atoms with Gasteiger partial charge in [-0.3, -0.25) is 0 Å². The maximum absolute atomic E-state index is 5.91. The maximum Gasteiger partial charge on any atom is 0.0694 e. The molecule has 0 amide bonds. The van der Waals surface area contributed by atoms with Gasteiger partial charge in [-0.2, -0.15) is 0 Å². The van der Waals surface area contributed by atoms with Gasteiger partial charge in [0.25, 0.3) is 0 Å². The molecule has 0 saturated carbocycles. The number of para-hydroxylation sites is 1. The normalized spacial score (nSPS) is 21.1. The van der Waals surface area contributed by atoms with Crippen molar-refractivity contribution in [1.29, 1.82) is 0 Å². The number of nitrogens with one attached hydrogen (secondary N) is 1. The Morgan fingerprint density at radius 2 is 2.36 bits per heavy atom. The van der Waals surface area contributed by atoms with Gasteiger partial charge in [-0.25, -0.2) is 0 Å². The fourth-order valence-corrected chi connectivity index (χ4v) is 1.90. The van der Waals surface area contributed by atoms with E-state index in [-0.39, 0.29) is 0 Å². The van der Waals surface area contributed by atoms with Crippen LogP contribution in [-0.4, -0.2) is 19.3 Å². The summed E-state index contributed by atoms with van der Waals surface area (Å²) in [6.45, 7) is 1.61. The molecule has 3 N–H and O–H groups in total. The number of halogens is 1. The Balaban J connectivity index is 2.11. The zero-order chi connectivity index (χ0) is 9.97. The summed E-state index contributed by atoms with van der Waals surface area (Å²) in [4.78, 5) is 0. The van der Waals surface area contributed by atoms with Crippen LogP contribution in [0.5, 0.6) is 0 Å². The van der Waals surface area contributed by atoms with Crippen LogP contribution in [0, 0.1) is 0 Å². The van der Waals surface area contributed by atoms with E-state index in [4.69, 9.17) is 10.5 Å². The first-order chi connectivity index (χ1) is 6.77. The molecule has 0 aromatic heterocycles. The Bertz CT molecular complexity index is 324. The van der Waals surface area contributed by atoms with Gasteiger partial charge in [-0.15, -0.1) is 0 Å². The van der Waals surface area contributed by atoms with E-state index in [9.17, 15) is 0 Å². The monoisotopic (exact) mass is 256 g/mol. The smallest absolute Gasteiger partial charge is 0.0694 e. The molecule has 1 aromatic rings. The van der Waals surface area contributed by atoms with Gasteiger partial charge in [0, 0.05) is 11.1 Å². The quantitative estimate of drug-likeness (QED) is 0.799. The molecule has 1 saturated heterocycles. The number of rotatable bonds is 2. The third-order valence-electron chi connectivity index (χ3n) is 2.34. The van der Waals surface area contributed by atoms with Gasteiger partial charge in [0.1, 0.15) is 0 Å². The van der Waals surface area contributed by atoms with Crippen LogP contribution in [0.1, 0.15) is 6.42 Å². The van der Waals surface area contributed by atoms with Crippen LogP contribution in [0.25, 0.3) is 0 Å². The molecule has 0 aliphatic carbocycles. The molecule has 1 aliphatic heterocycles. The largest absolute Gasteiger partial charge is 0.396 e. The lowest BCUT2D eigenvalue weighted by Gasteiger charge is -2.14. The van der Waals surface area contributed by atoms with E-state index in [1.165, 1.54) is 0 Å². The first kappa shape index (κ1) is 9.80. The molecule has 0 spiro atoms. The van der Waals surface area contributed by atoms with Crippen molar-refractivity contribution in [2.24, 2.45) is 0 Å². The summed E-state index contributed by atoms with van der Waals surface area (Å²) in [5.41, 5.74) is 7.66. The lowest BCUT2D eigenvalue weighted by molar-refractivity contribution is 0.195. The number of benzene rings is 1. The molecule has 0 bridgehead atoms. The molecular weight excluding hydrogens is 244 g/mol. The van der Waals surface area contributed by atoms with Crippen molar-refractivity contribution in [3.05, 3.63) is 22.7 Å². The average molecular weight is 257 g/mol. The molecule has 14 heavy (non-hydrogen) atoms. The van der Waals surface area contributed by atoms with Crippen LogP contribution < -0.4 is 11.1 Å². The number of nitrogens with two attached hydrogens (primary N) is 1. The molecule has 1 unspecified atom stereocenters. The number of anilines is 2. The van der Waals surface area contributed by atoms with Crippen LogP contribution in [0.4, 0.5) is 11.4 Å². The van der Waals surface area contributed by atoms with E-state index in [2.05, 4.69) is 21.2 Å². The van der Waals surface area contributed by atoms with Crippen LogP contribution in [-0.2, 0) is 4.74 Å². The Morgan fingerprint density at radius 3 is 3.07 bits per heavy atom. The van der Waals surface area contributed by atoms with Crippen molar-refractivity contribution >= 4 is 27.3 Å². The van der Waals surface area contributed by atoms with E-state index in [0.717, 1.165) is 35.5 Å². The van der Waals surface area contributed by atoms with Crippen LogP contribution in [0.3, 0.4) is 0 Å². The molecule has 1 aromatic carbocycles.